The Hall–Kier alpha value is -1.28. The Morgan fingerprint density at radius 3 is 2.56 bits per heavy atom. The second-order valence-corrected chi connectivity index (χ2v) is 5.52. The summed E-state index contributed by atoms with van der Waals surface area (Å²) < 4.78 is 2.37. The third kappa shape index (κ3) is 2.30. The van der Waals surface area contributed by atoms with Gasteiger partial charge in [-0.3, -0.25) is 0 Å². The Labute approximate surface area is 110 Å². The first-order valence-corrected chi connectivity index (χ1v) is 6.81. The van der Waals surface area contributed by atoms with Gasteiger partial charge in [-0.05, 0) is 58.4 Å². The van der Waals surface area contributed by atoms with Crippen molar-refractivity contribution in [2.24, 2.45) is 0 Å². The van der Waals surface area contributed by atoms with Crippen LogP contribution in [0.25, 0.3) is 10.9 Å². The summed E-state index contributed by atoms with van der Waals surface area (Å²) in [6.45, 7) is 8.92. The summed E-state index contributed by atoms with van der Waals surface area (Å²) in [5.41, 5.74) is 4.20. The summed E-state index contributed by atoms with van der Waals surface area (Å²) in [4.78, 5) is 0. The van der Waals surface area contributed by atoms with Crippen LogP contribution in [0, 0.1) is 6.92 Å². The van der Waals surface area contributed by atoms with Gasteiger partial charge in [0.1, 0.15) is 0 Å². The fraction of sp³-hybridized carbons (Fsp3) is 0.500. The molecule has 1 heterocycles. The fourth-order valence-electron chi connectivity index (χ4n) is 2.63. The molecule has 98 valence electrons. The molecular weight excluding hydrogens is 220 g/mol. The number of aromatic nitrogens is 1. The number of hydrogen-bond donors (Lipinski definition) is 1. The lowest BCUT2D eigenvalue weighted by Gasteiger charge is -2.13. The number of likely N-dealkylation sites (N-methyl/N-ethyl adjacent to an activating group) is 1. The summed E-state index contributed by atoms with van der Waals surface area (Å²) >= 11 is 0. The van der Waals surface area contributed by atoms with Crippen molar-refractivity contribution in [1.82, 2.24) is 9.88 Å². The lowest BCUT2D eigenvalue weighted by atomic mass is 10.0. The molecule has 0 saturated heterocycles. The first-order chi connectivity index (χ1) is 8.54. The predicted octanol–water partition coefficient (Wildman–Crippen LogP) is 3.68. The van der Waals surface area contributed by atoms with Crippen LogP contribution >= 0.6 is 0 Å². The van der Waals surface area contributed by atoms with E-state index in [9.17, 15) is 0 Å². The zero-order valence-corrected chi connectivity index (χ0v) is 12.1. The van der Waals surface area contributed by atoms with Crippen LogP contribution in [0.2, 0.25) is 0 Å². The lowest BCUT2D eigenvalue weighted by molar-refractivity contribution is 0.610. The summed E-state index contributed by atoms with van der Waals surface area (Å²) in [5, 5.41) is 4.76. The SMILES string of the molecule is CNC(C)Cc1cccc2c1c(C)cn2C(C)C. The topological polar surface area (TPSA) is 17.0 Å². The summed E-state index contributed by atoms with van der Waals surface area (Å²) in [6.07, 6.45) is 3.36. The molecular formula is C16H24N2. The molecule has 2 nitrogen and oxygen atoms in total. The van der Waals surface area contributed by atoms with Crippen molar-refractivity contribution in [2.45, 2.75) is 46.2 Å². The largest absolute Gasteiger partial charge is 0.345 e. The smallest absolute Gasteiger partial charge is 0.0488 e. The van der Waals surface area contributed by atoms with Crippen LogP contribution in [0.15, 0.2) is 24.4 Å². The minimum atomic E-state index is 0.511. The number of aryl methyl sites for hydroxylation is 1. The van der Waals surface area contributed by atoms with E-state index in [1.54, 1.807) is 0 Å². The predicted molar refractivity (Wildman–Crippen MR) is 79.3 cm³/mol. The number of nitrogens with zero attached hydrogens (tertiary/aromatic N) is 1. The first-order valence-electron chi connectivity index (χ1n) is 6.81. The first kappa shape index (κ1) is 13.2. The highest BCUT2D eigenvalue weighted by atomic mass is 15.0. The van der Waals surface area contributed by atoms with Crippen LogP contribution < -0.4 is 5.32 Å². The third-order valence-electron chi connectivity index (χ3n) is 3.71. The van der Waals surface area contributed by atoms with Gasteiger partial charge in [-0.1, -0.05) is 12.1 Å². The van der Waals surface area contributed by atoms with E-state index in [4.69, 9.17) is 0 Å². The molecule has 1 aromatic heterocycles. The van der Waals surface area contributed by atoms with Crippen molar-refractivity contribution in [3.63, 3.8) is 0 Å². The zero-order chi connectivity index (χ0) is 13.3. The van der Waals surface area contributed by atoms with Crippen molar-refractivity contribution in [2.75, 3.05) is 7.05 Å². The van der Waals surface area contributed by atoms with Crippen molar-refractivity contribution in [3.8, 4) is 0 Å². The fourth-order valence-corrected chi connectivity index (χ4v) is 2.63. The van der Waals surface area contributed by atoms with E-state index in [0.717, 1.165) is 6.42 Å². The van der Waals surface area contributed by atoms with Gasteiger partial charge in [0.05, 0.1) is 0 Å². The van der Waals surface area contributed by atoms with Crippen LogP contribution in [-0.4, -0.2) is 17.7 Å². The monoisotopic (exact) mass is 244 g/mol. The van der Waals surface area contributed by atoms with E-state index in [1.807, 2.05) is 7.05 Å². The molecule has 18 heavy (non-hydrogen) atoms. The van der Waals surface area contributed by atoms with Crippen LogP contribution in [0.1, 0.15) is 37.9 Å². The Bertz CT molecular complexity index is 537. The van der Waals surface area contributed by atoms with Crippen LogP contribution in [-0.2, 0) is 6.42 Å². The number of benzene rings is 1. The Morgan fingerprint density at radius 2 is 1.94 bits per heavy atom. The van der Waals surface area contributed by atoms with Crippen molar-refractivity contribution < 1.29 is 0 Å². The maximum absolute atomic E-state index is 3.32. The molecule has 1 unspecified atom stereocenters. The Kier molecular flexibility index (Phi) is 3.76. The van der Waals surface area contributed by atoms with Gasteiger partial charge in [0, 0.05) is 29.2 Å². The number of rotatable bonds is 4. The van der Waals surface area contributed by atoms with Gasteiger partial charge in [-0.15, -0.1) is 0 Å². The minimum absolute atomic E-state index is 0.511. The number of hydrogen-bond acceptors (Lipinski definition) is 1. The van der Waals surface area contributed by atoms with Gasteiger partial charge < -0.3 is 9.88 Å². The molecule has 0 saturated carbocycles. The van der Waals surface area contributed by atoms with E-state index < -0.39 is 0 Å². The van der Waals surface area contributed by atoms with Crippen LogP contribution in [0.4, 0.5) is 0 Å². The van der Waals surface area contributed by atoms with Crippen molar-refractivity contribution in [3.05, 3.63) is 35.5 Å². The molecule has 0 fully saturated rings. The third-order valence-corrected chi connectivity index (χ3v) is 3.71. The summed E-state index contributed by atoms with van der Waals surface area (Å²) in [5.74, 6) is 0. The zero-order valence-electron chi connectivity index (χ0n) is 12.1. The van der Waals surface area contributed by atoms with E-state index in [-0.39, 0.29) is 0 Å². The molecule has 0 bridgehead atoms. The van der Waals surface area contributed by atoms with E-state index >= 15 is 0 Å². The molecule has 1 aromatic carbocycles. The highest BCUT2D eigenvalue weighted by Crippen LogP contribution is 2.28. The van der Waals surface area contributed by atoms with E-state index in [2.05, 4.69) is 62.0 Å². The van der Waals surface area contributed by atoms with Gasteiger partial charge in [0.25, 0.3) is 0 Å². The quantitative estimate of drug-likeness (QED) is 0.868. The number of nitrogens with one attached hydrogen (secondary N) is 1. The average molecular weight is 244 g/mol. The molecule has 1 atom stereocenters. The number of fused-ring (bicyclic) bond motifs is 1. The molecule has 2 heteroatoms. The van der Waals surface area contributed by atoms with Crippen molar-refractivity contribution >= 4 is 10.9 Å². The molecule has 0 amide bonds. The molecule has 1 N–H and O–H groups in total. The lowest BCUT2D eigenvalue weighted by Crippen LogP contribution is -2.23. The molecule has 0 aliphatic rings. The minimum Gasteiger partial charge on any atom is -0.345 e. The van der Waals surface area contributed by atoms with Crippen molar-refractivity contribution in [1.29, 1.82) is 0 Å². The normalized spacial score (nSPS) is 13.4. The van der Waals surface area contributed by atoms with E-state index in [1.165, 1.54) is 22.0 Å². The molecule has 2 rings (SSSR count). The summed E-state index contributed by atoms with van der Waals surface area (Å²) in [7, 11) is 2.02. The molecule has 0 aliphatic carbocycles. The van der Waals surface area contributed by atoms with Gasteiger partial charge in [0.2, 0.25) is 0 Å². The Balaban J connectivity index is 2.55. The van der Waals surface area contributed by atoms with Gasteiger partial charge in [-0.25, -0.2) is 0 Å². The molecule has 0 radical (unpaired) electrons. The molecule has 0 aliphatic heterocycles. The molecule has 0 spiro atoms. The standard InChI is InChI=1S/C16H24N2/c1-11(2)18-10-12(3)16-14(9-13(4)17-5)7-6-8-15(16)18/h6-8,10-11,13,17H,9H2,1-5H3. The summed E-state index contributed by atoms with van der Waals surface area (Å²) in [6, 6.07) is 7.69. The van der Waals surface area contributed by atoms with Crippen LogP contribution in [0.5, 0.6) is 0 Å². The van der Waals surface area contributed by atoms with Gasteiger partial charge in [-0.2, -0.15) is 0 Å². The molecule has 2 aromatic rings. The highest BCUT2D eigenvalue weighted by Gasteiger charge is 2.12. The highest BCUT2D eigenvalue weighted by molar-refractivity contribution is 5.87. The van der Waals surface area contributed by atoms with Gasteiger partial charge >= 0.3 is 0 Å². The van der Waals surface area contributed by atoms with Crippen LogP contribution in [0.3, 0.4) is 0 Å². The Morgan fingerprint density at radius 1 is 1.22 bits per heavy atom. The van der Waals surface area contributed by atoms with Gasteiger partial charge in [0.15, 0.2) is 0 Å². The second-order valence-electron chi connectivity index (χ2n) is 5.52. The second kappa shape index (κ2) is 5.15. The average Bonchev–Trinajstić information content (AvgIpc) is 2.68. The van der Waals surface area contributed by atoms with E-state index in [0.29, 0.717) is 12.1 Å². The maximum atomic E-state index is 3.32. The maximum Gasteiger partial charge on any atom is 0.0488 e.